The number of rotatable bonds is 5. The van der Waals surface area contributed by atoms with Gasteiger partial charge in [-0.05, 0) is 56.1 Å². The third-order valence-electron chi connectivity index (χ3n) is 5.01. The first kappa shape index (κ1) is 19.1. The van der Waals surface area contributed by atoms with Crippen LogP contribution in [0.2, 0.25) is 5.02 Å². The van der Waals surface area contributed by atoms with E-state index in [1.54, 1.807) is 24.3 Å². The summed E-state index contributed by atoms with van der Waals surface area (Å²) >= 11 is 7.43. The van der Waals surface area contributed by atoms with E-state index in [9.17, 15) is 4.79 Å². The quantitative estimate of drug-likeness (QED) is 0.634. The number of aromatic nitrogens is 2. The Morgan fingerprint density at radius 2 is 2.25 bits per heavy atom. The van der Waals surface area contributed by atoms with Crippen molar-refractivity contribution >= 4 is 34.0 Å². The summed E-state index contributed by atoms with van der Waals surface area (Å²) in [6, 6.07) is 11.2. The van der Waals surface area contributed by atoms with Gasteiger partial charge in [0.05, 0.1) is 17.4 Å². The highest BCUT2D eigenvalue weighted by Crippen LogP contribution is 2.34. The predicted octanol–water partition coefficient (Wildman–Crippen LogP) is 5.09. The molecule has 1 aromatic carbocycles. The molecule has 144 valence electrons. The van der Waals surface area contributed by atoms with Gasteiger partial charge in [-0.15, -0.1) is 11.3 Å². The largest absolute Gasteiger partial charge is 0.298 e. The zero-order chi connectivity index (χ0) is 19.5. The van der Waals surface area contributed by atoms with Gasteiger partial charge in [0, 0.05) is 28.7 Å². The molecule has 7 heteroatoms. The van der Waals surface area contributed by atoms with E-state index in [1.807, 2.05) is 17.6 Å². The first-order chi connectivity index (χ1) is 13.6. The number of hydrogen-bond donors (Lipinski definition) is 1. The number of nitrogens with zero attached hydrogens (tertiary/aromatic N) is 3. The molecule has 1 amide bonds. The number of amides is 1. The molecule has 5 nitrogen and oxygen atoms in total. The van der Waals surface area contributed by atoms with Gasteiger partial charge in [0.25, 0.3) is 5.91 Å². The zero-order valence-corrected chi connectivity index (χ0v) is 17.1. The molecule has 0 bridgehead atoms. The van der Waals surface area contributed by atoms with Crippen LogP contribution < -0.4 is 5.32 Å². The molecule has 0 spiro atoms. The van der Waals surface area contributed by atoms with Gasteiger partial charge in [0.1, 0.15) is 0 Å². The molecule has 0 radical (unpaired) electrons. The summed E-state index contributed by atoms with van der Waals surface area (Å²) in [6.45, 7) is 3.95. The number of carbonyl (C=O) groups excluding carboxylic acids is 1. The fourth-order valence-corrected chi connectivity index (χ4v) is 4.46. The Morgan fingerprint density at radius 1 is 1.36 bits per heavy atom. The van der Waals surface area contributed by atoms with Crippen LogP contribution in [0, 0.1) is 6.92 Å². The lowest BCUT2D eigenvalue weighted by molar-refractivity contribution is 0.102. The van der Waals surface area contributed by atoms with Gasteiger partial charge >= 0.3 is 0 Å². The van der Waals surface area contributed by atoms with E-state index in [0.717, 1.165) is 37.3 Å². The molecule has 4 rings (SSSR count). The molecule has 1 aliphatic rings. The third kappa shape index (κ3) is 4.24. The summed E-state index contributed by atoms with van der Waals surface area (Å²) in [5.41, 5.74) is 3.86. The van der Waals surface area contributed by atoms with Crippen molar-refractivity contribution in [1.82, 2.24) is 14.9 Å². The molecule has 3 heterocycles. The van der Waals surface area contributed by atoms with Crippen LogP contribution in [0.15, 0.2) is 48.0 Å². The zero-order valence-electron chi connectivity index (χ0n) is 15.6. The van der Waals surface area contributed by atoms with Crippen molar-refractivity contribution in [1.29, 1.82) is 0 Å². The predicted molar refractivity (Wildman–Crippen MR) is 113 cm³/mol. The number of thiazole rings is 1. The molecular weight excluding hydrogens is 392 g/mol. The molecule has 2 aromatic heterocycles. The molecule has 1 fully saturated rings. The van der Waals surface area contributed by atoms with E-state index in [0.29, 0.717) is 15.7 Å². The number of halogens is 1. The first-order valence-corrected chi connectivity index (χ1v) is 10.5. The van der Waals surface area contributed by atoms with E-state index < -0.39 is 0 Å². The Morgan fingerprint density at radius 3 is 3.07 bits per heavy atom. The van der Waals surface area contributed by atoms with Gasteiger partial charge in [0.15, 0.2) is 5.13 Å². The smallest absolute Gasteiger partial charge is 0.257 e. The van der Waals surface area contributed by atoms with Crippen LogP contribution in [0.3, 0.4) is 0 Å². The molecule has 0 unspecified atom stereocenters. The average molecular weight is 413 g/mol. The number of hydrogen-bond acceptors (Lipinski definition) is 5. The number of nitrogens with one attached hydrogen (secondary N) is 1. The topological polar surface area (TPSA) is 58.1 Å². The first-order valence-electron chi connectivity index (χ1n) is 9.27. The minimum atomic E-state index is -0.198. The van der Waals surface area contributed by atoms with Gasteiger partial charge in [-0.3, -0.25) is 20.0 Å². The second-order valence-electron chi connectivity index (χ2n) is 6.94. The van der Waals surface area contributed by atoms with E-state index in [-0.39, 0.29) is 11.9 Å². The van der Waals surface area contributed by atoms with Gasteiger partial charge in [-0.25, -0.2) is 4.98 Å². The van der Waals surface area contributed by atoms with E-state index in [4.69, 9.17) is 11.6 Å². The summed E-state index contributed by atoms with van der Waals surface area (Å²) in [7, 11) is 0. The van der Waals surface area contributed by atoms with Crippen molar-refractivity contribution < 1.29 is 4.79 Å². The number of benzene rings is 1. The van der Waals surface area contributed by atoms with Crippen LogP contribution in [0.1, 0.15) is 46.2 Å². The van der Waals surface area contributed by atoms with Crippen molar-refractivity contribution in [3.05, 3.63) is 75.5 Å². The molecule has 3 aromatic rings. The maximum absolute atomic E-state index is 12.4. The number of pyridine rings is 1. The molecule has 1 N–H and O–H groups in total. The Labute approximate surface area is 173 Å². The van der Waals surface area contributed by atoms with E-state index in [2.05, 4.69) is 33.2 Å². The highest BCUT2D eigenvalue weighted by atomic mass is 35.5. The summed E-state index contributed by atoms with van der Waals surface area (Å²) in [4.78, 5) is 24.1. The van der Waals surface area contributed by atoms with Crippen LogP contribution in [0.5, 0.6) is 0 Å². The maximum Gasteiger partial charge on any atom is 0.257 e. The monoisotopic (exact) mass is 412 g/mol. The summed E-state index contributed by atoms with van der Waals surface area (Å²) in [6.07, 6.45) is 4.05. The summed E-state index contributed by atoms with van der Waals surface area (Å²) < 4.78 is 0. The highest BCUT2D eigenvalue weighted by molar-refractivity contribution is 7.14. The fraction of sp³-hybridized carbons (Fsp3) is 0.286. The normalized spacial score (nSPS) is 17.0. The molecule has 0 aliphatic carbocycles. The second kappa shape index (κ2) is 8.39. The van der Waals surface area contributed by atoms with Crippen molar-refractivity contribution in [3.8, 4) is 0 Å². The van der Waals surface area contributed by atoms with Crippen LogP contribution in [-0.2, 0) is 6.54 Å². The summed E-state index contributed by atoms with van der Waals surface area (Å²) in [5, 5.41) is 6.08. The van der Waals surface area contributed by atoms with E-state index in [1.165, 1.54) is 16.9 Å². The standard InChI is InChI=1S/C21H21ClN4OS/c1-14-5-3-9-23-17(14)12-26-10-4-8-19(26)18-13-28-21(24-18)25-20(27)15-6-2-7-16(22)11-15/h2-3,5-7,9,11,13,19H,4,8,10,12H2,1H3,(H,24,25,27)/t19-/m0/s1. The van der Waals surface area contributed by atoms with Crippen LogP contribution in [0.4, 0.5) is 5.13 Å². The minimum Gasteiger partial charge on any atom is -0.298 e. The highest BCUT2D eigenvalue weighted by Gasteiger charge is 2.28. The molecule has 1 saturated heterocycles. The average Bonchev–Trinajstić information content (AvgIpc) is 3.33. The lowest BCUT2D eigenvalue weighted by Crippen LogP contribution is -2.24. The summed E-state index contributed by atoms with van der Waals surface area (Å²) in [5.74, 6) is -0.198. The molecule has 0 saturated carbocycles. The van der Waals surface area contributed by atoms with Crippen molar-refractivity contribution in [3.63, 3.8) is 0 Å². The number of carbonyl (C=O) groups is 1. The molecule has 1 atom stereocenters. The Hall–Kier alpha value is -2.28. The molecule has 28 heavy (non-hydrogen) atoms. The van der Waals surface area contributed by atoms with Crippen molar-refractivity contribution in [2.24, 2.45) is 0 Å². The van der Waals surface area contributed by atoms with Gasteiger partial charge in [0.2, 0.25) is 0 Å². The Balaban J connectivity index is 1.46. The van der Waals surface area contributed by atoms with Crippen molar-refractivity contribution in [2.75, 3.05) is 11.9 Å². The Kier molecular flexibility index (Phi) is 5.71. The third-order valence-corrected chi connectivity index (χ3v) is 6.02. The van der Waals surface area contributed by atoms with Gasteiger partial charge in [-0.1, -0.05) is 23.7 Å². The fourth-order valence-electron chi connectivity index (χ4n) is 3.52. The Bertz CT molecular complexity index is 990. The number of anilines is 1. The lowest BCUT2D eigenvalue weighted by Gasteiger charge is -2.23. The maximum atomic E-state index is 12.4. The minimum absolute atomic E-state index is 0.198. The molecule has 1 aliphatic heterocycles. The van der Waals surface area contributed by atoms with E-state index >= 15 is 0 Å². The van der Waals surface area contributed by atoms with Gasteiger partial charge < -0.3 is 0 Å². The second-order valence-corrected chi connectivity index (χ2v) is 8.23. The van der Waals surface area contributed by atoms with Crippen LogP contribution >= 0.6 is 22.9 Å². The number of likely N-dealkylation sites (tertiary alicyclic amines) is 1. The number of aryl methyl sites for hydroxylation is 1. The van der Waals surface area contributed by atoms with Gasteiger partial charge in [-0.2, -0.15) is 0 Å². The molecular formula is C21H21ClN4OS. The van der Waals surface area contributed by atoms with Crippen LogP contribution in [0.25, 0.3) is 0 Å². The van der Waals surface area contributed by atoms with Crippen LogP contribution in [-0.4, -0.2) is 27.3 Å². The van der Waals surface area contributed by atoms with Crippen molar-refractivity contribution in [2.45, 2.75) is 32.4 Å². The lowest BCUT2D eigenvalue weighted by atomic mass is 10.1. The SMILES string of the molecule is Cc1cccnc1CN1CCC[C@H]1c1csc(NC(=O)c2cccc(Cl)c2)n1.